The van der Waals surface area contributed by atoms with E-state index in [4.69, 9.17) is 16.3 Å². The van der Waals surface area contributed by atoms with E-state index in [1.54, 1.807) is 10.9 Å². The van der Waals surface area contributed by atoms with Gasteiger partial charge in [0, 0.05) is 29.4 Å². The Morgan fingerprint density at radius 2 is 2.10 bits per heavy atom. The normalized spacial score (nSPS) is 17.4. The van der Waals surface area contributed by atoms with Crippen LogP contribution in [0.2, 0.25) is 5.02 Å². The first-order valence-electron chi connectivity index (χ1n) is 9.91. The summed E-state index contributed by atoms with van der Waals surface area (Å²) < 4.78 is 8.11. The number of benzene rings is 2. The summed E-state index contributed by atoms with van der Waals surface area (Å²) in [6, 6.07) is 10.9. The van der Waals surface area contributed by atoms with Crippen LogP contribution < -0.4 is 15.4 Å². The number of nitrogens with one attached hydrogen (secondary N) is 2. The van der Waals surface area contributed by atoms with Crippen LogP contribution in [0.1, 0.15) is 44.7 Å². The molecule has 3 aromatic rings. The van der Waals surface area contributed by atoms with Gasteiger partial charge in [0.1, 0.15) is 11.4 Å². The van der Waals surface area contributed by atoms with Gasteiger partial charge in [0.2, 0.25) is 0 Å². The quantitative estimate of drug-likeness (QED) is 0.600. The lowest BCUT2D eigenvalue weighted by atomic mass is 9.83. The van der Waals surface area contributed by atoms with E-state index < -0.39 is 0 Å². The van der Waals surface area contributed by atoms with E-state index in [9.17, 15) is 4.79 Å². The van der Waals surface area contributed by atoms with Crippen molar-refractivity contribution < 1.29 is 9.53 Å². The molecule has 0 radical (unpaired) electrons. The Hall–Kier alpha value is -2.73. The van der Waals surface area contributed by atoms with E-state index in [1.807, 2.05) is 43.4 Å². The number of aryl methyl sites for hydroxylation is 1. The van der Waals surface area contributed by atoms with Crippen molar-refractivity contribution in [2.24, 2.45) is 7.05 Å². The van der Waals surface area contributed by atoms with Crippen LogP contribution in [-0.2, 0) is 7.05 Å². The Morgan fingerprint density at radius 1 is 1.31 bits per heavy atom. The van der Waals surface area contributed by atoms with Crippen LogP contribution in [0.4, 0.5) is 10.5 Å². The second kappa shape index (κ2) is 7.59. The lowest BCUT2D eigenvalue weighted by Crippen LogP contribution is -2.45. The summed E-state index contributed by atoms with van der Waals surface area (Å²) in [6.45, 7) is 4.22. The molecule has 0 saturated heterocycles. The first kappa shape index (κ1) is 19.6. The number of halogens is 1. The Bertz CT molecular complexity index is 1060. The maximum Gasteiger partial charge on any atom is 0.319 e. The molecule has 1 aliphatic rings. The number of nitrogens with zero attached hydrogens (tertiary/aromatic N) is 2. The van der Waals surface area contributed by atoms with Crippen LogP contribution in [0, 0.1) is 0 Å². The van der Waals surface area contributed by atoms with Gasteiger partial charge in [-0.2, -0.15) is 5.10 Å². The van der Waals surface area contributed by atoms with E-state index in [2.05, 4.69) is 29.6 Å². The van der Waals surface area contributed by atoms with Crippen molar-refractivity contribution in [3.63, 3.8) is 0 Å². The van der Waals surface area contributed by atoms with Crippen LogP contribution in [0.5, 0.6) is 5.75 Å². The highest BCUT2D eigenvalue weighted by Crippen LogP contribution is 2.43. The molecule has 1 atom stereocenters. The Labute approximate surface area is 175 Å². The van der Waals surface area contributed by atoms with Crippen LogP contribution in [0.25, 0.3) is 10.9 Å². The SMILES string of the molecule is CCC1(CC)C[C@@H](NC(=O)Nc2cccc3c2cnn3C)c2ccc(Cl)cc2O1. The predicted octanol–water partition coefficient (Wildman–Crippen LogP) is 5.43. The minimum absolute atomic E-state index is 0.163. The van der Waals surface area contributed by atoms with Gasteiger partial charge >= 0.3 is 6.03 Å². The van der Waals surface area contributed by atoms with Gasteiger partial charge < -0.3 is 15.4 Å². The number of anilines is 1. The van der Waals surface area contributed by atoms with Crippen molar-refractivity contribution in [1.29, 1.82) is 0 Å². The molecule has 1 aromatic heterocycles. The van der Waals surface area contributed by atoms with Crippen molar-refractivity contribution in [2.75, 3.05) is 5.32 Å². The largest absolute Gasteiger partial charge is 0.487 e. The highest BCUT2D eigenvalue weighted by molar-refractivity contribution is 6.30. The third-order valence-electron chi connectivity index (χ3n) is 5.89. The molecule has 2 aromatic carbocycles. The van der Waals surface area contributed by atoms with Crippen molar-refractivity contribution in [3.05, 3.63) is 53.2 Å². The first-order valence-corrected chi connectivity index (χ1v) is 10.3. The van der Waals surface area contributed by atoms with Gasteiger partial charge in [0.25, 0.3) is 0 Å². The van der Waals surface area contributed by atoms with Crippen LogP contribution in [0.3, 0.4) is 0 Å². The molecule has 2 amide bonds. The standard InChI is InChI=1S/C22H25ClN4O2/c1-4-22(5-2)12-18(15-10-9-14(23)11-20(15)29-22)26-21(28)25-17-7-6-8-19-16(17)13-24-27(19)3/h6-11,13,18H,4-5,12H2,1-3H3,(H2,25,26,28)/t18-/m1/s1. The predicted molar refractivity (Wildman–Crippen MR) is 116 cm³/mol. The molecule has 0 bridgehead atoms. The minimum atomic E-state index is -0.320. The van der Waals surface area contributed by atoms with Gasteiger partial charge in [-0.15, -0.1) is 0 Å². The molecule has 0 spiro atoms. The van der Waals surface area contributed by atoms with Gasteiger partial charge in [-0.1, -0.05) is 37.6 Å². The number of fused-ring (bicyclic) bond motifs is 2. The first-order chi connectivity index (χ1) is 13.9. The summed E-state index contributed by atoms with van der Waals surface area (Å²) in [5.74, 6) is 0.743. The number of urea groups is 1. The number of hydrogen-bond donors (Lipinski definition) is 2. The third-order valence-corrected chi connectivity index (χ3v) is 6.12. The Balaban J connectivity index is 1.60. The van der Waals surface area contributed by atoms with Gasteiger partial charge in [-0.3, -0.25) is 4.68 Å². The fourth-order valence-electron chi connectivity index (χ4n) is 4.06. The molecule has 2 N–H and O–H groups in total. The Kier molecular flexibility index (Phi) is 5.13. The minimum Gasteiger partial charge on any atom is -0.487 e. The van der Waals surface area contributed by atoms with Crippen LogP contribution in [-0.4, -0.2) is 21.4 Å². The van der Waals surface area contributed by atoms with Gasteiger partial charge in [0.05, 0.1) is 23.4 Å². The lowest BCUT2D eigenvalue weighted by molar-refractivity contribution is 0.0247. The van der Waals surface area contributed by atoms with Gasteiger partial charge in [0.15, 0.2) is 0 Å². The topological polar surface area (TPSA) is 68.2 Å². The lowest BCUT2D eigenvalue weighted by Gasteiger charge is -2.41. The summed E-state index contributed by atoms with van der Waals surface area (Å²) in [5.41, 5.74) is 2.32. The highest BCUT2D eigenvalue weighted by Gasteiger charge is 2.39. The highest BCUT2D eigenvalue weighted by atomic mass is 35.5. The molecule has 0 fully saturated rings. The maximum absolute atomic E-state index is 12.9. The van der Waals surface area contributed by atoms with Crippen molar-refractivity contribution >= 4 is 34.2 Å². The summed E-state index contributed by atoms with van der Waals surface area (Å²) in [5, 5.41) is 11.9. The molecule has 0 aliphatic carbocycles. The Morgan fingerprint density at radius 3 is 2.86 bits per heavy atom. The molecule has 152 valence electrons. The average Bonchev–Trinajstić information content (AvgIpc) is 3.09. The van der Waals surface area contributed by atoms with Crippen LogP contribution in [0.15, 0.2) is 42.6 Å². The molecular weight excluding hydrogens is 388 g/mol. The molecule has 29 heavy (non-hydrogen) atoms. The zero-order valence-corrected chi connectivity index (χ0v) is 17.6. The monoisotopic (exact) mass is 412 g/mol. The number of hydrogen-bond acceptors (Lipinski definition) is 3. The molecule has 0 saturated carbocycles. The van der Waals surface area contributed by atoms with Crippen molar-refractivity contribution in [2.45, 2.75) is 44.8 Å². The molecule has 4 rings (SSSR count). The van der Waals surface area contributed by atoms with E-state index in [-0.39, 0.29) is 17.7 Å². The fraction of sp³-hybridized carbons (Fsp3) is 0.364. The molecule has 1 aliphatic heterocycles. The fourth-order valence-corrected chi connectivity index (χ4v) is 4.22. The third kappa shape index (κ3) is 3.65. The molecule has 0 unspecified atom stereocenters. The molecule has 6 nitrogen and oxygen atoms in total. The number of ether oxygens (including phenoxy) is 1. The summed E-state index contributed by atoms with van der Waals surface area (Å²) in [7, 11) is 1.88. The van der Waals surface area contributed by atoms with Crippen molar-refractivity contribution in [3.8, 4) is 5.75 Å². The molecule has 7 heteroatoms. The van der Waals surface area contributed by atoms with E-state index in [1.165, 1.54) is 0 Å². The number of rotatable bonds is 4. The summed E-state index contributed by atoms with van der Waals surface area (Å²) in [4.78, 5) is 12.9. The molecular formula is C22H25ClN4O2. The molecule has 2 heterocycles. The second-order valence-corrected chi connectivity index (χ2v) is 7.97. The zero-order chi connectivity index (χ0) is 20.6. The zero-order valence-electron chi connectivity index (χ0n) is 16.8. The maximum atomic E-state index is 12.9. The number of carbonyl (C=O) groups is 1. The van der Waals surface area contributed by atoms with Crippen LogP contribution >= 0.6 is 11.6 Å². The smallest absolute Gasteiger partial charge is 0.319 e. The summed E-state index contributed by atoms with van der Waals surface area (Å²) in [6.07, 6.45) is 4.17. The summed E-state index contributed by atoms with van der Waals surface area (Å²) >= 11 is 6.19. The number of aromatic nitrogens is 2. The number of amides is 2. The van der Waals surface area contributed by atoms with Gasteiger partial charge in [-0.25, -0.2) is 4.79 Å². The van der Waals surface area contributed by atoms with E-state index in [0.717, 1.165) is 40.7 Å². The average molecular weight is 413 g/mol. The second-order valence-electron chi connectivity index (χ2n) is 7.54. The number of carbonyl (C=O) groups excluding carboxylic acids is 1. The van der Waals surface area contributed by atoms with E-state index >= 15 is 0 Å². The van der Waals surface area contributed by atoms with Gasteiger partial charge in [-0.05, 0) is 37.1 Å². The van der Waals surface area contributed by atoms with Crippen molar-refractivity contribution in [1.82, 2.24) is 15.1 Å². The van der Waals surface area contributed by atoms with E-state index in [0.29, 0.717) is 11.4 Å².